The first-order valence-corrected chi connectivity index (χ1v) is 6.79. The van der Waals surface area contributed by atoms with E-state index in [0.717, 1.165) is 15.2 Å². The van der Waals surface area contributed by atoms with Crippen molar-refractivity contribution in [2.24, 2.45) is 5.73 Å². The molecule has 106 valence electrons. The summed E-state index contributed by atoms with van der Waals surface area (Å²) in [5.41, 5.74) is 5.89. The first kappa shape index (κ1) is 14.4. The van der Waals surface area contributed by atoms with Gasteiger partial charge in [0.2, 0.25) is 0 Å². The van der Waals surface area contributed by atoms with E-state index >= 15 is 0 Å². The first-order chi connectivity index (χ1) is 9.56. The fourth-order valence-corrected chi connectivity index (χ4v) is 2.40. The summed E-state index contributed by atoms with van der Waals surface area (Å²) in [6, 6.07) is 7.74. The van der Waals surface area contributed by atoms with E-state index in [1.807, 2.05) is 24.3 Å². The number of benzene rings is 1. The summed E-state index contributed by atoms with van der Waals surface area (Å²) in [5, 5.41) is 0.780. The van der Waals surface area contributed by atoms with E-state index in [2.05, 4.69) is 4.98 Å². The van der Waals surface area contributed by atoms with Crippen LogP contribution < -0.4 is 5.73 Å². The van der Waals surface area contributed by atoms with Crippen molar-refractivity contribution in [3.63, 3.8) is 0 Å². The third kappa shape index (κ3) is 3.75. The number of thiazole rings is 1. The second-order valence-corrected chi connectivity index (χ2v) is 5.22. The lowest BCUT2D eigenvalue weighted by molar-refractivity contribution is -0.158. The maximum absolute atomic E-state index is 11.3. The zero-order valence-corrected chi connectivity index (χ0v) is 11.7. The average molecular weight is 294 g/mol. The molecule has 0 saturated carbocycles. The maximum atomic E-state index is 11.3. The Hall–Kier alpha value is -1.99. The lowest BCUT2D eigenvalue weighted by atomic mass is 10.3. The minimum Gasteiger partial charge on any atom is -0.451 e. The Balaban J connectivity index is 1.81. The molecule has 2 rings (SSSR count). The first-order valence-electron chi connectivity index (χ1n) is 5.97. The highest BCUT2D eigenvalue weighted by molar-refractivity contribution is 7.18. The molecular formula is C13H14N2O4S. The van der Waals surface area contributed by atoms with Crippen LogP contribution in [0.2, 0.25) is 0 Å². The van der Waals surface area contributed by atoms with Crippen molar-refractivity contribution < 1.29 is 19.1 Å². The van der Waals surface area contributed by atoms with Gasteiger partial charge in [-0.05, 0) is 19.1 Å². The summed E-state index contributed by atoms with van der Waals surface area (Å²) in [4.78, 5) is 26.4. The number of aromatic nitrogens is 1. The van der Waals surface area contributed by atoms with Crippen molar-refractivity contribution in [2.75, 3.05) is 6.61 Å². The van der Waals surface area contributed by atoms with E-state index in [0.29, 0.717) is 0 Å². The van der Waals surface area contributed by atoms with Crippen LogP contribution in [0.25, 0.3) is 10.2 Å². The van der Waals surface area contributed by atoms with Gasteiger partial charge in [0.05, 0.1) is 16.8 Å². The lowest BCUT2D eigenvalue weighted by Gasteiger charge is -2.09. The van der Waals surface area contributed by atoms with Gasteiger partial charge in [-0.3, -0.25) is 4.79 Å². The smallest absolute Gasteiger partial charge is 0.332 e. The zero-order chi connectivity index (χ0) is 14.5. The number of amides is 1. The number of hydrogen-bond acceptors (Lipinski definition) is 6. The topological polar surface area (TPSA) is 91.5 Å². The van der Waals surface area contributed by atoms with Gasteiger partial charge >= 0.3 is 5.97 Å². The molecule has 6 nitrogen and oxygen atoms in total. The Kier molecular flexibility index (Phi) is 4.65. The number of hydrogen-bond donors (Lipinski definition) is 1. The van der Waals surface area contributed by atoms with Crippen molar-refractivity contribution in [3.8, 4) is 0 Å². The number of carbonyl (C=O) groups is 2. The zero-order valence-electron chi connectivity index (χ0n) is 10.9. The van der Waals surface area contributed by atoms with Crippen LogP contribution in [0.4, 0.5) is 0 Å². The van der Waals surface area contributed by atoms with Crippen LogP contribution >= 0.6 is 11.3 Å². The van der Waals surface area contributed by atoms with Gasteiger partial charge in [0.15, 0.2) is 6.10 Å². The van der Waals surface area contributed by atoms with Crippen molar-refractivity contribution in [3.05, 3.63) is 29.3 Å². The largest absolute Gasteiger partial charge is 0.451 e. The number of rotatable bonds is 6. The minimum atomic E-state index is -0.950. The second-order valence-electron chi connectivity index (χ2n) is 4.10. The van der Waals surface area contributed by atoms with Gasteiger partial charge < -0.3 is 15.2 Å². The number of ether oxygens (including phenoxy) is 2. The van der Waals surface area contributed by atoms with Gasteiger partial charge in [-0.15, -0.1) is 11.3 Å². The van der Waals surface area contributed by atoms with Crippen LogP contribution in [-0.2, 0) is 25.7 Å². The highest BCUT2D eigenvalue weighted by Gasteiger charge is 2.14. The fraction of sp³-hybridized carbons (Fsp3) is 0.308. The predicted molar refractivity (Wildman–Crippen MR) is 74.0 cm³/mol. The molecule has 0 unspecified atom stereocenters. The Morgan fingerprint density at radius 3 is 2.85 bits per heavy atom. The van der Waals surface area contributed by atoms with Gasteiger partial charge in [-0.25, -0.2) is 9.78 Å². The molecule has 1 amide bonds. The molecule has 1 heterocycles. The maximum Gasteiger partial charge on any atom is 0.332 e. The highest BCUT2D eigenvalue weighted by atomic mass is 32.1. The van der Waals surface area contributed by atoms with E-state index in [1.165, 1.54) is 18.3 Å². The molecule has 0 spiro atoms. The van der Waals surface area contributed by atoms with E-state index in [-0.39, 0.29) is 13.2 Å². The predicted octanol–water partition coefficient (Wildman–Crippen LogP) is 1.23. The Morgan fingerprint density at radius 1 is 1.40 bits per heavy atom. The van der Waals surface area contributed by atoms with Crippen molar-refractivity contribution in [1.82, 2.24) is 4.98 Å². The molecular weight excluding hydrogens is 280 g/mol. The molecule has 1 aromatic heterocycles. The third-order valence-electron chi connectivity index (χ3n) is 2.49. The number of primary amides is 1. The monoisotopic (exact) mass is 294 g/mol. The molecule has 7 heteroatoms. The van der Waals surface area contributed by atoms with Gasteiger partial charge in [0.25, 0.3) is 5.91 Å². The molecule has 2 aromatic rings. The summed E-state index contributed by atoms with van der Waals surface area (Å²) >= 11 is 1.51. The van der Waals surface area contributed by atoms with Gasteiger partial charge in [-0.2, -0.15) is 0 Å². The molecule has 0 saturated heterocycles. The van der Waals surface area contributed by atoms with Crippen molar-refractivity contribution in [1.29, 1.82) is 0 Å². The summed E-state index contributed by atoms with van der Waals surface area (Å²) < 4.78 is 11.0. The average Bonchev–Trinajstić information content (AvgIpc) is 2.81. The molecule has 0 aliphatic rings. The van der Waals surface area contributed by atoms with E-state index < -0.39 is 18.0 Å². The van der Waals surface area contributed by atoms with E-state index in [9.17, 15) is 9.59 Å². The van der Waals surface area contributed by atoms with Crippen LogP contribution in [0.5, 0.6) is 0 Å². The summed E-state index contributed by atoms with van der Waals surface area (Å²) in [6.45, 7) is 1.39. The van der Waals surface area contributed by atoms with Crippen LogP contribution in [0, 0.1) is 0 Å². The van der Waals surface area contributed by atoms with Gasteiger partial charge in [0, 0.05) is 0 Å². The third-order valence-corrected chi connectivity index (χ3v) is 3.50. The SMILES string of the molecule is C[C@H](OC(=O)COCc1nc2ccccc2s1)C(N)=O. The molecule has 2 N–H and O–H groups in total. The van der Waals surface area contributed by atoms with Gasteiger partial charge in [-0.1, -0.05) is 12.1 Å². The molecule has 1 aromatic carbocycles. The molecule has 20 heavy (non-hydrogen) atoms. The van der Waals surface area contributed by atoms with Crippen LogP contribution in [0.3, 0.4) is 0 Å². The van der Waals surface area contributed by atoms with Crippen molar-refractivity contribution in [2.45, 2.75) is 19.6 Å². The van der Waals surface area contributed by atoms with Crippen molar-refractivity contribution >= 4 is 33.4 Å². The summed E-state index contributed by atoms with van der Waals surface area (Å²) in [7, 11) is 0. The highest BCUT2D eigenvalue weighted by Crippen LogP contribution is 2.21. The molecule has 0 aliphatic carbocycles. The number of esters is 1. The molecule has 1 atom stereocenters. The van der Waals surface area contributed by atoms with Crippen LogP contribution in [0.1, 0.15) is 11.9 Å². The Bertz CT molecular complexity index is 593. The molecule has 0 radical (unpaired) electrons. The number of nitrogens with zero attached hydrogens (tertiary/aromatic N) is 1. The number of carbonyl (C=O) groups excluding carboxylic acids is 2. The normalized spacial score (nSPS) is 12.2. The van der Waals surface area contributed by atoms with E-state index in [4.69, 9.17) is 15.2 Å². The molecule has 0 bridgehead atoms. The number of fused-ring (bicyclic) bond motifs is 1. The van der Waals surface area contributed by atoms with Crippen LogP contribution in [-0.4, -0.2) is 29.6 Å². The van der Waals surface area contributed by atoms with Crippen LogP contribution in [0.15, 0.2) is 24.3 Å². The Morgan fingerprint density at radius 2 is 2.15 bits per heavy atom. The second kappa shape index (κ2) is 6.44. The van der Waals surface area contributed by atoms with E-state index in [1.54, 1.807) is 0 Å². The summed E-state index contributed by atoms with van der Waals surface area (Å²) in [5.74, 6) is -1.32. The quantitative estimate of drug-likeness (QED) is 0.809. The Labute approximate surface area is 119 Å². The number of nitrogens with two attached hydrogens (primary N) is 1. The summed E-state index contributed by atoms with van der Waals surface area (Å²) in [6.07, 6.45) is -0.950. The molecule has 0 fully saturated rings. The van der Waals surface area contributed by atoms with Gasteiger partial charge in [0.1, 0.15) is 11.6 Å². The number of para-hydroxylation sites is 1. The standard InChI is InChI=1S/C13H14N2O4S/c1-8(13(14)17)19-12(16)7-18-6-11-15-9-4-2-3-5-10(9)20-11/h2-5,8H,6-7H2,1H3,(H2,14,17)/t8-/m0/s1. The molecule has 0 aliphatic heterocycles. The fourth-order valence-electron chi connectivity index (χ4n) is 1.49. The lowest BCUT2D eigenvalue weighted by Crippen LogP contribution is -2.31. The minimum absolute atomic E-state index is 0.222.